The van der Waals surface area contributed by atoms with Crippen molar-refractivity contribution in [2.45, 2.75) is 25.5 Å². The van der Waals surface area contributed by atoms with E-state index in [4.69, 9.17) is 9.47 Å². The largest absolute Gasteiger partial charge is 0.496 e. The van der Waals surface area contributed by atoms with Crippen LogP contribution in [0.15, 0.2) is 54.6 Å². The molecule has 1 aliphatic rings. The normalized spacial score (nSPS) is 19.9. The van der Waals surface area contributed by atoms with Gasteiger partial charge < -0.3 is 9.47 Å². The molecule has 1 fully saturated rings. The number of imide groups is 1. The number of hydrogen-bond acceptors (Lipinski definition) is 4. The van der Waals surface area contributed by atoms with Crippen molar-refractivity contribution in [3.8, 4) is 5.75 Å². The lowest BCUT2D eigenvalue weighted by atomic mass is 10.0. The smallest absolute Gasteiger partial charge is 0.417 e. The van der Waals surface area contributed by atoms with Gasteiger partial charge in [-0.15, -0.1) is 0 Å². The molecule has 124 valence electrons. The summed E-state index contributed by atoms with van der Waals surface area (Å²) in [6, 6.07) is 16.4. The Bertz CT molecular complexity index is 744. The lowest BCUT2D eigenvalue weighted by Gasteiger charge is -2.19. The van der Waals surface area contributed by atoms with E-state index in [0.29, 0.717) is 5.75 Å². The molecule has 0 radical (unpaired) electrons. The van der Waals surface area contributed by atoms with E-state index in [2.05, 4.69) is 0 Å². The minimum atomic E-state index is -0.601. The molecule has 1 saturated heterocycles. The summed E-state index contributed by atoms with van der Waals surface area (Å²) in [4.78, 5) is 26.1. The fraction of sp³-hybridized carbons (Fsp3) is 0.263. The molecule has 2 aromatic carbocycles. The van der Waals surface area contributed by atoms with Crippen LogP contribution in [0.4, 0.5) is 4.79 Å². The maximum atomic E-state index is 12.7. The van der Waals surface area contributed by atoms with Crippen LogP contribution in [-0.4, -0.2) is 30.1 Å². The predicted molar refractivity (Wildman–Crippen MR) is 88.7 cm³/mol. The summed E-state index contributed by atoms with van der Waals surface area (Å²) in [5.74, 6) is 0.334. The number of carbonyl (C=O) groups is 2. The zero-order valence-electron chi connectivity index (χ0n) is 13.6. The first-order valence-corrected chi connectivity index (χ1v) is 7.81. The van der Waals surface area contributed by atoms with Crippen molar-refractivity contribution in [2.24, 2.45) is 0 Å². The van der Waals surface area contributed by atoms with Gasteiger partial charge in [-0.2, -0.15) is 0 Å². The minimum absolute atomic E-state index is 0.0883. The number of cyclic esters (lactones) is 1. The fourth-order valence-corrected chi connectivity index (χ4v) is 2.98. The molecule has 5 heteroatoms. The molecule has 0 saturated carbocycles. The minimum Gasteiger partial charge on any atom is -0.496 e. The highest BCUT2D eigenvalue weighted by atomic mass is 16.6. The van der Waals surface area contributed by atoms with Gasteiger partial charge in [0.2, 0.25) is 5.91 Å². The fourth-order valence-electron chi connectivity index (χ4n) is 2.98. The molecule has 2 aromatic rings. The Labute approximate surface area is 140 Å². The van der Waals surface area contributed by atoms with E-state index in [0.717, 1.165) is 11.1 Å². The average molecular weight is 325 g/mol. The quantitative estimate of drug-likeness (QED) is 0.865. The maximum absolute atomic E-state index is 12.7. The molecule has 5 nitrogen and oxygen atoms in total. The van der Waals surface area contributed by atoms with Crippen molar-refractivity contribution in [3.05, 3.63) is 65.7 Å². The number of nitrogens with zero attached hydrogens (tertiary/aromatic N) is 1. The van der Waals surface area contributed by atoms with E-state index in [1.807, 2.05) is 55.5 Å². The molecule has 0 unspecified atom stereocenters. The Morgan fingerprint density at radius 2 is 1.79 bits per heavy atom. The highest BCUT2D eigenvalue weighted by Crippen LogP contribution is 2.33. The molecule has 0 N–H and O–H groups in total. The van der Waals surface area contributed by atoms with Crippen molar-refractivity contribution >= 4 is 12.0 Å². The number of rotatable bonds is 4. The molecule has 2 atom stereocenters. The molecule has 0 bridgehead atoms. The molecule has 1 heterocycles. The van der Waals surface area contributed by atoms with Crippen LogP contribution < -0.4 is 4.74 Å². The third-order valence-electron chi connectivity index (χ3n) is 4.20. The van der Waals surface area contributed by atoms with Gasteiger partial charge in [0.15, 0.2) is 0 Å². The van der Waals surface area contributed by atoms with Crippen LogP contribution in [0.1, 0.15) is 24.2 Å². The van der Waals surface area contributed by atoms with Gasteiger partial charge in [-0.05, 0) is 18.6 Å². The number of amides is 2. The zero-order valence-corrected chi connectivity index (χ0v) is 13.6. The van der Waals surface area contributed by atoms with Crippen molar-refractivity contribution in [1.82, 2.24) is 4.90 Å². The lowest BCUT2D eigenvalue weighted by Crippen LogP contribution is -2.38. The van der Waals surface area contributed by atoms with Crippen molar-refractivity contribution in [3.63, 3.8) is 0 Å². The van der Waals surface area contributed by atoms with E-state index in [9.17, 15) is 9.59 Å². The van der Waals surface area contributed by atoms with Crippen LogP contribution in [0.5, 0.6) is 5.75 Å². The van der Waals surface area contributed by atoms with Gasteiger partial charge >= 0.3 is 6.09 Å². The number of hydrogen-bond donors (Lipinski definition) is 0. The standard InChI is InChI=1S/C19H19NO4/c1-13-18(14-8-4-3-5-9-14)24-19(22)20(13)17(21)12-15-10-6-7-11-16(15)23-2/h3-11,13,18H,12H2,1-2H3/t13-,18-/m1/s1. The molecule has 2 amide bonds. The Morgan fingerprint density at radius 3 is 2.50 bits per heavy atom. The van der Waals surface area contributed by atoms with Crippen LogP contribution in [0.25, 0.3) is 0 Å². The van der Waals surface area contributed by atoms with Crippen LogP contribution in [0.2, 0.25) is 0 Å². The second-order valence-corrected chi connectivity index (χ2v) is 5.71. The number of para-hydroxylation sites is 1. The molecular weight excluding hydrogens is 306 g/mol. The topological polar surface area (TPSA) is 55.8 Å². The first-order chi connectivity index (χ1) is 11.6. The summed E-state index contributed by atoms with van der Waals surface area (Å²) >= 11 is 0. The van der Waals surface area contributed by atoms with Gasteiger partial charge in [0, 0.05) is 5.56 Å². The van der Waals surface area contributed by atoms with E-state index in [1.54, 1.807) is 13.2 Å². The molecular formula is C19H19NO4. The third kappa shape index (κ3) is 2.97. The van der Waals surface area contributed by atoms with Crippen molar-refractivity contribution in [2.75, 3.05) is 7.11 Å². The summed E-state index contributed by atoms with van der Waals surface area (Å²) in [5, 5.41) is 0. The maximum Gasteiger partial charge on any atom is 0.417 e. The van der Waals surface area contributed by atoms with Crippen LogP contribution >= 0.6 is 0 Å². The SMILES string of the molecule is COc1ccccc1CC(=O)N1C(=O)O[C@@H](c2ccccc2)[C@H]1C. The van der Waals surface area contributed by atoms with E-state index in [1.165, 1.54) is 4.90 Å². The van der Waals surface area contributed by atoms with E-state index < -0.39 is 12.2 Å². The van der Waals surface area contributed by atoms with Crippen LogP contribution in [0.3, 0.4) is 0 Å². The molecule has 3 rings (SSSR count). The summed E-state index contributed by atoms with van der Waals surface area (Å²) in [7, 11) is 1.56. The summed E-state index contributed by atoms with van der Waals surface area (Å²) < 4.78 is 10.7. The lowest BCUT2D eigenvalue weighted by molar-refractivity contribution is -0.128. The monoisotopic (exact) mass is 325 g/mol. The molecule has 24 heavy (non-hydrogen) atoms. The third-order valence-corrected chi connectivity index (χ3v) is 4.20. The number of benzene rings is 2. The van der Waals surface area contributed by atoms with Gasteiger partial charge in [-0.3, -0.25) is 4.79 Å². The highest BCUT2D eigenvalue weighted by molar-refractivity contribution is 5.95. The van der Waals surface area contributed by atoms with Gasteiger partial charge in [0.25, 0.3) is 0 Å². The van der Waals surface area contributed by atoms with Gasteiger partial charge in [-0.25, -0.2) is 9.69 Å². The zero-order chi connectivity index (χ0) is 17.1. The molecule has 0 spiro atoms. The first kappa shape index (κ1) is 16.1. The van der Waals surface area contributed by atoms with E-state index in [-0.39, 0.29) is 18.4 Å². The average Bonchev–Trinajstić information content (AvgIpc) is 2.90. The van der Waals surface area contributed by atoms with Gasteiger partial charge in [-0.1, -0.05) is 48.5 Å². The highest BCUT2D eigenvalue weighted by Gasteiger charge is 2.43. The summed E-state index contributed by atoms with van der Waals surface area (Å²) in [6.45, 7) is 1.82. The Morgan fingerprint density at radius 1 is 1.12 bits per heavy atom. The predicted octanol–water partition coefficient (Wildman–Crippen LogP) is 3.35. The second kappa shape index (κ2) is 6.74. The molecule has 0 aromatic heterocycles. The number of ether oxygens (including phenoxy) is 2. The molecule has 0 aliphatic carbocycles. The van der Waals surface area contributed by atoms with Crippen molar-refractivity contribution < 1.29 is 19.1 Å². The van der Waals surface area contributed by atoms with Gasteiger partial charge in [0.05, 0.1) is 19.6 Å². The Kier molecular flexibility index (Phi) is 4.51. The molecule has 1 aliphatic heterocycles. The number of carbonyl (C=O) groups excluding carboxylic acids is 2. The Balaban J connectivity index is 1.79. The van der Waals surface area contributed by atoms with Gasteiger partial charge in [0.1, 0.15) is 11.9 Å². The first-order valence-electron chi connectivity index (χ1n) is 7.81. The van der Waals surface area contributed by atoms with Crippen LogP contribution in [0, 0.1) is 0 Å². The summed E-state index contributed by atoms with van der Waals surface area (Å²) in [6.07, 6.45) is -0.957. The van der Waals surface area contributed by atoms with E-state index >= 15 is 0 Å². The number of methoxy groups -OCH3 is 1. The second-order valence-electron chi connectivity index (χ2n) is 5.71. The Hall–Kier alpha value is -2.82. The van der Waals surface area contributed by atoms with Crippen molar-refractivity contribution in [1.29, 1.82) is 0 Å². The van der Waals surface area contributed by atoms with Crippen LogP contribution in [-0.2, 0) is 16.0 Å². The summed E-state index contributed by atoms with van der Waals surface area (Å²) in [5.41, 5.74) is 1.62.